The molecule has 0 fully saturated rings. The average Bonchev–Trinajstić information content (AvgIpc) is 2.66. The summed E-state index contributed by atoms with van der Waals surface area (Å²) in [6.07, 6.45) is 9.11. The van der Waals surface area contributed by atoms with E-state index in [1.165, 1.54) is 31.2 Å². The van der Waals surface area contributed by atoms with Gasteiger partial charge in [0.05, 0.1) is 6.61 Å². The van der Waals surface area contributed by atoms with Crippen LogP contribution in [0.5, 0.6) is 5.75 Å². The lowest BCUT2D eigenvalue weighted by atomic mass is 9.73. The molecule has 0 radical (unpaired) electrons. The molecule has 1 aliphatic carbocycles. The van der Waals surface area contributed by atoms with E-state index in [0.717, 1.165) is 29.6 Å². The number of aliphatic hydroxyl groups is 1. The van der Waals surface area contributed by atoms with Gasteiger partial charge in [-0.05, 0) is 54.7 Å². The maximum absolute atomic E-state index is 10.8. The van der Waals surface area contributed by atoms with E-state index in [0.29, 0.717) is 23.5 Å². The van der Waals surface area contributed by atoms with Gasteiger partial charge in [0, 0.05) is 11.5 Å². The molecule has 1 aromatic carbocycles. The summed E-state index contributed by atoms with van der Waals surface area (Å²) in [4.78, 5) is 0. The second-order valence-electron chi connectivity index (χ2n) is 8.58. The summed E-state index contributed by atoms with van der Waals surface area (Å²) < 4.78 is 0. The van der Waals surface area contributed by atoms with Crippen LogP contribution in [-0.4, -0.2) is 16.8 Å². The van der Waals surface area contributed by atoms with Crippen molar-refractivity contribution in [3.8, 4) is 5.75 Å². The first-order chi connectivity index (χ1) is 12.9. The fourth-order valence-corrected chi connectivity index (χ4v) is 4.39. The Balaban J connectivity index is 2.23. The van der Waals surface area contributed by atoms with E-state index in [-0.39, 0.29) is 12.5 Å². The lowest BCUT2D eigenvalue weighted by Crippen LogP contribution is -2.18. The number of hydrogen-bond acceptors (Lipinski definition) is 2. The fourth-order valence-electron chi connectivity index (χ4n) is 4.39. The molecule has 27 heavy (non-hydrogen) atoms. The first kappa shape index (κ1) is 21.8. The summed E-state index contributed by atoms with van der Waals surface area (Å²) in [6, 6.07) is 6.25. The molecule has 4 unspecified atom stereocenters. The van der Waals surface area contributed by atoms with Crippen LogP contribution in [0.2, 0.25) is 0 Å². The highest BCUT2D eigenvalue weighted by Crippen LogP contribution is 2.43. The van der Waals surface area contributed by atoms with E-state index in [4.69, 9.17) is 0 Å². The summed E-state index contributed by atoms with van der Waals surface area (Å²) in [5, 5.41) is 20.4. The Morgan fingerprint density at radius 2 is 2.00 bits per heavy atom. The Kier molecular flexibility index (Phi) is 8.16. The number of unbranched alkanes of at least 4 members (excludes halogenated alkanes) is 2. The number of allylic oxidation sites excluding steroid dienone is 2. The predicted octanol–water partition coefficient (Wildman–Crippen LogP) is 6.70. The number of hydrogen-bond donors (Lipinski definition) is 2. The summed E-state index contributed by atoms with van der Waals surface area (Å²) in [5.41, 5.74) is 4.39. The molecule has 0 aliphatic heterocycles. The van der Waals surface area contributed by atoms with Gasteiger partial charge in [0.25, 0.3) is 0 Å². The molecule has 0 spiro atoms. The van der Waals surface area contributed by atoms with Crippen molar-refractivity contribution < 1.29 is 10.2 Å². The zero-order chi connectivity index (χ0) is 20.0. The third kappa shape index (κ3) is 5.48. The van der Waals surface area contributed by atoms with Gasteiger partial charge >= 0.3 is 0 Å². The molecule has 2 heteroatoms. The number of rotatable bonds is 9. The highest BCUT2D eigenvalue weighted by Gasteiger charge is 2.28. The van der Waals surface area contributed by atoms with Crippen molar-refractivity contribution in [1.82, 2.24) is 0 Å². The molecule has 0 aromatic heterocycles. The number of aromatic hydroxyl groups is 1. The van der Waals surface area contributed by atoms with Crippen molar-refractivity contribution in [2.75, 3.05) is 6.61 Å². The third-order valence-corrected chi connectivity index (χ3v) is 6.52. The molecule has 1 aliphatic rings. The first-order valence-electron chi connectivity index (χ1n) is 10.7. The van der Waals surface area contributed by atoms with Gasteiger partial charge in [-0.15, -0.1) is 0 Å². The van der Waals surface area contributed by atoms with Crippen molar-refractivity contribution in [3.05, 3.63) is 53.1 Å². The zero-order valence-corrected chi connectivity index (χ0v) is 17.7. The van der Waals surface area contributed by atoms with Gasteiger partial charge in [-0.3, -0.25) is 0 Å². The number of phenolic OH excluding ortho intramolecular Hbond substituents is 1. The van der Waals surface area contributed by atoms with E-state index in [1.807, 2.05) is 6.07 Å². The Morgan fingerprint density at radius 1 is 1.26 bits per heavy atom. The Hall–Kier alpha value is -1.54. The Bertz CT molecular complexity index is 658. The van der Waals surface area contributed by atoms with Gasteiger partial charge in [0.15, 0.2) is 0 Å². The van der Waals surface area contributed by atoms with Crippen LogP contribution in [0.4, 0.5) is 0 Å². The quantitative estimate of drug-likeness (QED) is 0.375. The lowest BCUT2D eigenvalue weighted by Gasteiger charge is -2.31. The summed E-state index contributed by atoms with van der Waals surface area (Å²) in [6.45, 7) is 13.2. The van der Waals surface area contributed by atoms with Crippen LogP contribution >= 0.6 is 0 Å². The number of phenols is 1. The van der Waals surface area contributed by atoms with Gasteiger partial charge in [-0.1, -0.05) is 76.8 Å². The van der Waals surface area contributed by atoms with Crippen LogP contribution in [0.15, 0.2) is 42.0 Å². The van der Waals surface area contributed by atoms with Crippen LogP contribution in [0, 0.1) is 11.8 Å². The molecule has 0 amide bonds. The molecule has 2 rings (SSSR count). The van der Waals surface area contributed by atoms with Crippen molar-refractivity contribution in [3.63, 3.8) is 0 Å². The van der Waals surface area contributed by atoms with Gasteiger partial charge in [-0.2, -0.15) is 0 Å². The van der Waals surface area contributed by atoms with Crippen LogP contribution in [-0.2, 0) is 0 Å². The van der Waals surface area contributed by atoms with E-state index in [9.17, 15) is 10.2 Å². The van der Waals surface area contributed by atoms with Gasteiger partial charge in [0.2, 0.25) is 0 Å². The van der Waals surface area contributed by atoms with E-state index in [2.05, 4.69) is 52.5 Å². The van der Waals surface area contributed by atoms with E-state index < -0.39 is 0 Å². The Morgan fingerprint density at radius 3 is 2.59 bits per heavy atom. The molecule has 4 atom stereocenters. The van der Waals surface area contributed by atoms with Crippen LogP contribution in [0.1, 0.15) is 89.2 Å². The first-order valence-corrected chi connectivity index (χ1v) is 10.7. The predicted molar refractivity (Wildman–Crippen MR) is 115 cm³/mol. The monoisotopic (exact) mass is 370 g/mol. The molecule has 1 aromatic rings. The van der Waals surface area contributed by atoms with Gasteiger partial charge < -0.3 is 10.2 Å². The van der Waals surface area contributed by atoms with Crippen molar-refractivity contribution >= 4 is 0 Å². The minimum atomic E-state index is 0.102. The van der Waals surface area contributed by atoms with E-state index >= 15 is 0 Å². The highest BCUT2D eigenvalue weighted by atomic mass is 16.3. The third-order valence-electron chi connectivity index (χ3n) is 6.52. The smallest absolute Gasteiger partial charge is 0.119 e. The largest absolute Gasteiger partial charge is 0.508 e. The molecule has 150 valence electrons. The maximum atomic E-state index is 10.8. The minimum absolute atomic E-state index is 0.102. The summed E-state index contributed by atoms with van der Waals surface area (Å²) in [5.74, 6) is 1.85. The summed E-state index contributed by atoms with van der Waals surface area (Å²) in [7, 11) is 0. The minimum Gasteiger partial charge on any atom is -0.508 e. The van der Waals surface area contributed by atoms with E-state index in [1.54, 1.807) is 0 Å². The van der Waals surface area contributed by atoms with Crippen molar-refractivity contribution in [2.24, 2.45) is 11.8 Å². The standard InChI is InChI=1S/C25H38O2/c1-6-7-8-9-18(4)19(5)21-11-13-23(25(27)15-21)24-14-20(16-26)10-12-22(24)17(2)3/h11,13-15,18-19,22,24,26-27H,2,6-10,12,16H2,1,3-5H3. The second-order valence-corrected chi connectivity index (χ2v) is 8.58. The molecular weight excluding hydrogens is 332 g/mol. The molecule has 2 nitrogen and oxygen atoms in total. The highest BCUT2D eigenvalue weighted by molar-refractivity contribution is 5.44. The molecule has 0 saturated carbocycles. The second kappa shape index (κ2) is 10.1. The zero-order valence-electron chi connectivity index (χ0n) is 17.7. The molecule has 2 N–H and O–H groups in total. The normalized spacial score (nSPS) is 22.2. The molecular formula is C25H38O2. The lowest BCUT2D eigenvalue weighted by molar-refractivity contribution is 0.315. The molecule has 0 bridgehead atoms. The number of aliphatic hydroxyl groups excluding tert-OH is 1. The topological polar surface area (TPSA) is 40.5 Å². The number of benzene rings is 1. The van der Waals surface area contributed by atoms with Crippen molar-refractivity contribution in [2.45, 2.75) is 78.1 Å². The molecule has 0 heterocycles. The fraction of sp³-hybridized carbons (Fsp3) is 0.600. The summed E-state index contributed by atoms with van der Waals surface area (Å²) >= 11 is 0. The van der Waals surface area contributed by atoms with Gasteiger partial charge in [0.1, 0.15) is 5.75 Å². The van der Waals surface area contributed by atoms with Crippen molar-refractivity contribution in [1.29, 1.82) is 0 Å². The Labute approximate surface area is 166 Å². The SMILES string of the molecule is C=C(C)C1CCC(CO)=CC1c1ccc(C(C)C(C)CCCCC)cc1O. The van der Waals surface area contributed by atoms with Crippen LogP contribution in [0.25, 0.3) is 0 Å². The van der Waals surface area contributed by atoms with Crippen LogP contribution < -0.4 is 0 Å². The molecule has 0 saturated heterocycles. The van der Waals surface area contributed by atoms with Gasteiger partial charge in [-0.25, -0.2) is 0 Å². The average molecular weight is 371 g/mol. The maximum Gasteiger partial charge on any atom is 0.119 e. The van der Waals surface area contributed by atoms with Crippen LogP contribution in [0.3, 0.4) is 0 Å².